The van der Waals surface area contributed by atoms with Gasteiger partial charge in [0.25, 0.3) is 0 Å². The third-order valence-corrected chi connectivity index (χ3v) is 3.90. The third kappa shape index (κ3) is 3.04. The third-order valence-electron chi connectivity index (χ3n) is 3.90. The van der Waals surface area contributed by atoms with Crippen LogP contribution in [-0.4, -0.2) is 36.6 Å². The van der Waals surface area contributed by atoms with Crippen molar-refractivity contribution in [3.05, 3.63) is 28.3 Å². The van der Waals surface area contributed by atoms with Gasteiger partial charge < -0.3 is 14.4 Å². The topological polar surface area (TPSA) is 106 Å². The lowest BCUT2D eigenvalue weighted by molar-refractivity contribution is -0.497. The van der Waals surface area contributed by atoms with Crippen molar-refractivity contribution in [1.82, 2.24) is 0 Å². The molecule has 1 aromatic rings. The average Bonchev–Trinajstić information content (AvgIpc) is 3.36. The first kappa shape index (κ1) is 15.1. The molecular formula is C15H15N3O5. The van der Waals surface area contributed by atoms with E-state index in [2.05, 4.69) is 0 Å². The summed E-state index contributed by atoms with van der Waals surface area (Å²) in [4.78, 5) is 24.3. The predicted molar refractivity (Wildman–Crippen MR) is 78.9 cm³/mol. The van der Waals surface area contributed by atoms with Crippen LogP contribution in [0.2, 0.25) is 0 Å². The van der Waals surface area contributed by atoms with Crippen molar-refractivity contribution in [2.75, 3.05) is 24.7 Å². The zero-order valence-corrected chi connectivity index (χ0v) is 12.3. The SMILES string of the molecule is N#CCCN(C(=O)C1CC1[N+](=O)[O-])c1ccc2c(c1)OCCO2. The lowest BCUT2D eigenvalue weighted by Crippen LogP contribution is -2.34. The second-order valence-corrected chi connectivity index (χ2v) is 5.42. The zero-order valence-electron chi connectivity index (χ0n) is 12.3. The van der Waals surface area contributed by atoms with Gasteiger partial charge in [-0.2, -0.15) is 5.26 Å². The fourth-order valence-corrected chi connectivity index (χ4v) is 2.61. The van der Waals surface area contributed by atoms with Gasteiger partial charge >= 0.3 is 0 Å². The molecular weight excluding hydrogens is 302 g/mol. The molecule has 1 heterocycles. The fourth-order valence-electron chi connectivity index (χ4n) is 2.61. The number of nitrogens with zero attached hydrogens (tertiary/aromatic N) is 3. The van der Waals surface area contributed by atoms with E-state index in [1.165, 1.54) is 4.90 Å². The number of carbonyl (C=O) groups is 1. The molecule has 0 spiro atoms. The predicted octanol–water partition coefficient (Wildman–Crippen LogP) is 1.37. The van der Waals surface area contributed by atoms with Gasteiger partial charge in [-0.3, -0.25) is 14.9 Å². The van der Waals surface area contributed by atoms with Gasteiger partial charge in [-0.1, -0.05) is 0 Å². The number of nitro groups is 1. The molecule has 1 fully saturated rings. The van der Waals surface area contributed by atoms with Gasteiger partial charge in [-0.05, 0) is 12.1 Å². The molecule has 1 amide bonds. The number of anilines is 1. The van der Waals surface area contributed by atoms with E-state index in [1.807, 2.05) is 6.07 Å². The van der Waals surface area contributed by atoms with Crippen LogP contribution in [0.25, 0.3) is 0 Å². The Bertz CT molecular complexity index is 684. The Hall–Kier alpha value is -2.82. The average molecular weight is 317 g/mol. The molecule has 23 heavy (non-hydrogen) atoms. The van der Waals surface area contributed by atoms with Crippen molar-refractivity contribution in [2.45, 2.75) is 18.9 Å². The summed E-state index contributed by atoms with van der Waals surface area (Å²) in [7, 11) is 0. The van der Waals surface area contributed by atoms with Crippen LogP contribution in [0.1, 0.15) is 12.8 Å². The number of rotatable bonds is 5. The summed E-state index contributed by atoms with van der Waals surface area (Å²) in [5.41, 5.74) is 0.559. The highest BCUT2D eigenvalue weighted by atomic mass is 16.6. The van der Waals surface area contributed by atoms with Crippen LogP contribution in [0.15, 0.2) is 18.2 Å². The molecule has 0 N–H and O–H groups in total. The van der Waals surface area contributed by atoms with E-state index in [0.717, 1.165) is 0 Å². The maximum atomic E-state index is 12.5. The second-order valence-electron chi connectivity index (χ2n) is 5.42. The van der Waals surface area contributed by atoms with E-state index in [0.29, 0.717) is 30.4 Å². The van der Waals surface area contributed by atoms with Gasteiger partial charge in [0.05, 0.1) is 12.5 Å². The van der Waals surface area contributed by atoms with Crippen molar-refractivity contribution in [2.24, 2.45) is 5.92 Å². The Kier molecular flexibility index (Phi) is 4.02. The van der Waals surface area contributed by atoms with Crippen LogP contribution in [0.3, 0.4) is 0 Å². The standard InChI is InChI=1S/C15H15N3O5/c16-4-1-5-17(15(19)11-9-12(11)18(20)21)10-2-3-13-14(8-10)23-7-6-22-13/h2-3,8,11-12H,1,5-7,9H2. The minimum Gasteiger partial charge on any atom is -0.486 e. The molecule has 1 aromatic carbocycles. The van der Waals surface area contributed by atoms with E-state index in [4.69, 9.17) is 14.7 Å². The molecule has 1 saturated carbocycles. The number of amides is 1. The molecule has 3 rings (SSSR count). The maximum Gasteiger partial charge on any atom is 0.237 e. The van der Waals surface area contributed by atoms with Crippen molar-refractivity contribution in [3.8, 4) is 17.6 Å². The Morgan fingerprint density at radius 2 is 2.13 bits per heavy atom. The van der Waals surface area contributed by atoms with Gasteiger partial charge in [0.15, 0.2) is 11.5 Å². The lowest BCUT2D eigenvalue weighted by atomic mass is 10.2. The summed E-state index contributed by atoms with van der Waals surface area (Å²) in [5, 5.41) is 19.6. The lowest BCUT2D eigenvalue weighted by Gasteiger charge is -2.24. The van der Waals surface area contributed by atoms with Crippen LogP contribution in [0, 0.1) is 27.4 Å². The number of ether oxygens (including phenoxy) is 2. The molecule has 1 aliphatic heterocycles. The molecule has 0 bridgehead atoms. The van der Waals surface area contributed by atoms with Crippen molar-refractivity contribution < 1.29 is 19.2 Å². The quantitative estimate of drug-likeness (QED) is 0.600. The molecule has 120 valence electrons. The Morgan fingerprint density at radius 1 is 1.39 bits per heavy atom. The largest absolute Gasteiger partial charge is 0.486 e. The van der Waals surface area contributed by atoms with E-state index in [1.54, 1.807) is 18.2 Å². The van der Waals surface area contributed by atoms with Crippen LogP contribution < -0.4 is 14.4 Å². The van der Waals surface area contributed by atoms with Gasteiger partial charge in [-0.15, -0.1) is 0 Å². The Morgan fingerprint density at radius 3 is 2.78 bits per heavy atom. The molecule has 0 saturated heterocycles. The molecule has 0 radical (unpaired) electrons. The summed E-state index contributed by atoms with van der Waals surface area (Å²) in [6.45, 7) is 1.08. The summed E-state index contributed by atoms with van der Waals surface area (Å²) in [6, 6.07) is 6.26. The number of fused-ring (bicyclic) bond motifs is 1. The number of carbonyl (C=O) groups excluding carboxylic acids is 1. The molecule has 8 nitrogen and oxygen atoms in total. The fraction of sp³-hybridized carbons (Fsp3) is 0.467. The van der Waals surface area contributed by atoms with Gasteiger partial charge in [0, 0.05) is 29.6 Å². The smallest absolute Gasteiger partial charge is 0.237 e. The van der Waals surface area contributed by atoms with E-state index in [9.17, 15) is 14.9 Å². The first-order valence-corrected chi connectivity index (χ1v) is 7.33. The van der Waals surface area contributed by atoms with Crippen molar-refractivity contribution >= 4 is 11.6 Å². The first-order valence-electron chi connectivity index (χ1n) is 7.33. The summed E-state index contributed by atoms with van der Waals surface area (Å²) in [5.74, 6) is 0.197. The monoisotopic (exact) mass is 317 g/mol. The summed E-state index contributed by atoms with van der Waals surface area (Å²) >= 11 is 0. The van der Waals surface area contributed by atoms with E-state index in [-0.39, 0.29) is 25.3 Å². The molecule has 2 aliphatic rings. The highest BCUT2D eigenvalue weighted by Crippen LogP contribution is 2.38. The molecule has 0 aromatic heterocycles. The van der Waals surface area contributed by atoms with E-state index >= 15 is 0 Å². The van der Waals surface area contributed by atoms with Gasteiger partial charge in [0.1, 0.15) is 19.1 Å². The van der Waals surface area contributed by atoms with Crippen molar-refractivity contribution in [1.29, 1.82) is 5.26 Å². The first-order chi connectivity index (χ1) is 11.1. The summed E-state index contributed by atoms with van der Waals surface area (Å²) in [6.07, 6.45) is 0.398. The highest BCUT2D eigenvalue weighted by molar-refractivity contribution is 5.97. The van der Waals surface area contributed by atoms with E-state index < -0.39 is 16.9 Å². The zero-order chi connectivity index (χ0) is 16.4. The normalized spacial score (nSPS) is 21.2. The molecule has 2 unspecified atom stereocenters. The number of benzene rings is 1. The van der Waals surface area contributed by atoms with Crippen LogP contribution in [0.5, 0.6) is 11.5 Å². The van der Waals surface area contributed by atoms with Crippen LogP contribution in [-0.2, 0) is 4.79 Å². The van der Waals surface area contributed by atoms with Crippen molar-refractivity contribution in [3.63, 3.8) is 0 Å². The molecule has 1 aliphatic carbocycles. The van der Waals surface area contributed by atoms with Crippen LogP contribution >= 0.6 is 0 Å². The molecule has 8 heteroatoms. The number of nitriles is 1. The second kappa shape index (κ2) is 6.12. The number of hydrogen-bond donors (Lipinski definition) is 0. The van der Waals surface area contributed by atoms with Gasteiger partial charge in [-0.25, -0.2) is 0 Å². The maximum absolute atomic E-state index is 12.5. The minimum absolute atomic E-state index is 0.149. The highest BCUT2D eigenvalue weighted by Gasteiger charge is 2.54. The number of hydrogen-bond acceptors (Lipinski definition) is 6. The molecule has 2 atom stereocenters. The Balaban J connectivity index is 1.83. The minimum atomic E-state index is -0.815. The summed E-state index contributed by atoms with van der Waals surface area (Å²) < 4.78 is 10.9. The Labute approximate surface area is 132 Å². The van der Waals surface area contributed by atoms with Gasteiger partial charge in [0.2, 0.25) is 11.9 Å². The van der Waals surface area contributed by atoms with Crippen LogP contribution in [0.4, 0.5) is 5.69 Å².